The van der Waals surface area contributed by atoms with Crippen molar-refractivity contribution in [2.75, 3.05) is 6.61 Å². The zero-order valence-electron chi connectivity index (χ0n) is 24.4. The zero-order valence-corrected chi connectivity index (χ0v) is 24.4. The van der Waals surface area contributed by atoms with Gasteiger partial charge in [-0.25, -0.2) is 0 Å². The maximum Gasteiger partial charge on any atom is 0.306 e. The number of carbonyl (C=O) groups is 1. The second-order valence-electron chi connectivity index (χ2n) is 15.0. The summed E-state index contributed by atoms with van der Waals surface area (Å²) < 4.78 is 19.5. The van der Waals surface area contributed by atoms with Crippen LogP contribution in [0.3, 0.4) is 0 Å². The predicted molar refractivity (Wildman–Crippen MR) is 146 cm³/mol. The average Bonchev–Trinajstić information content (AvgIpc) is 3.31. The van der Waals surface area contributed by atoms with Gasteiger partial charge in [-0.1, -0.05) is 47.5 Å². The molecule has 2 heterocycles. The third-order valence-corrected chi connectivity index (χ3v) is 13.2. The van der Waals surface area contributed by atoms with Crippen molar-refractivity contribution in [2.24, 2.45) is 52.3 Å². The van der Waals surface area contributed by atoms with Crippen molar-refractivity contribution in [1.82, 2.24) is 0 Å². The van der Waals surface area contributed by atoms with Gasteiger partial charge in [0.2, 0.25) is 0 Å². The lowest BCUT2D eigenvalue weighted by molar-refractivity contribution is -0.273. The number of ether oxygens (including phenoxy) is 3. The average molecular weight is 515 g/mol. The first kappa shape index (κ1) is 26.6. The monoisotopic (exact) mass is 514 g/mol. The molecule has 0 aromatic carbocycles. The van der Waals surface area contributed by atoms with Gasteiger partial charge in [0.15, 0.2) is 5.79 Å². The van der Waals surface area contributed by atoms with Gasteiger partial charge < -0.3 is 14.2 Å². The van der Waals surface area contributed by atoms with Gasteiger partial charge in [0, 0.05) is 18.8 Å². The Morgan fingerprint density at radius 1 is 0.919 bits per heavy atom. The lowest BCUT2D eigenvalue weighted by atomic mass is 9.44. The molecule has 4 nitrogen and oxygen atoms in total. The first-order valence-corrected chi connectivity index (χ1v) is 16.2. The summed E-state index contributed by atoms with van der Waals surface area (Å²) in [5.74, 6) is 4.76. The number of esters is 1. The Kier molecular flexibility index (Phi) is 7.04. The first-order valence-electron chi connectivity index (χ1n) is 16.2. The quantitative estimate of drug-likeness (QED) is 0.276. The van der Waals surface area contributed by atoms with Crippen LogP contribution in [-0.4, -0.2) is 30.6 Å². The number of hydrogen-bond acceptors (Lipinski definition) is 4. The highest BCUT2D eigenvalue weighted by atomic mass is 16.7. The van der Waals surface area contributed by atoms with E-state index in [-0.39, 0.29) is 17.9 Å². The van der Waals surface area contributed by atoms with Crippen LogP contribution in [0.4, 0.5) is 0 Å². The van der Waals surface area contributed by atoms with E-state index in [1.54, 1.807) is 0 Å². The maximum atomic E-state index is 12.4. The van der Waals surface area contributed by atoms with Gasteiger partial charge >= 0.3 is 5.97 Å². The lowest BCUT2D eigenvalue weighted by Gasteiger charge is -2.61. The summed E-state index contributed by atoms with van der Waals surface area (Å²) in [4.78, 5) is 12.4. The number of unbranched alkanes of at least 4 members (excludes halogenated alkanes) is 2. The Morgan fingerprint density at radius 3 is 2.49 bits per heavy atom. The van der Waals surface area contributed by atoms with E-state index in [0.29, 0.717) is 41.1 Å². The predicted octanol–water partition coefficient (Wildman–Crippen LogP) is 7.93. The summed E-state index contributed by atoms with van der Waals surface area (Å²) in [7, 11) is 0. The fourth-order valence-corrected chi connectivity index (χ4v) is 11.1. The van der Waals surface area contributed by atoms with Crippen LogP contribution in [0.25, 0.3) is 0 Å². The van der Waals surface area contributed by atoms with E-state index in [4.69, 9.17) is 14.2 Å². The standard InChI is InChI=1S/C33H54O4/c1-6-7-8-9-29(34)36-24-13-15-31(4)23(18-24)10-11-25-26(31)14-16-32(5)27(25)19-28-30(32)22(3)33(37-28)17-12-21(2)20-35-33/h21-28,30H,6-20H2,1-5H3/t21-,22+,23-,24-,25-,26-,27+,28+,30+,31+,32+,33-/m1/s1. The molecule has 0 bridgehead atoms. The minimum absolute atomic E-state index is 0.0463. The summed E-state index contributed by atoms with van der Waals surface area (Å²) in [6.07, 6.45) is 16.8. The Balaban J connectivity index is 1.12. The molecule has 4 heteroatoms. The van der Waals surface area contributed by atoms with E-state index in [1.807, 2.05) is 0 Å². The number of carbonyl (C=O) groups excluding carboxylic acids is 1. The molecular formula is C33H54O4. The van der Waals surface area contributed by atoms with Crippen LogP contribution in [0.1, 0.15) is 125 Å². The maximum absolute atomic E-state index is 12.4. The van der Waals surface area contributed by atoms with Crippen molar-refractivity contribution in [2.45, 2.75) is 143 Å². The summed E-state index contributed by atoms with van der Waals surface area (Å²) in [6.45, 7) is 13.1. The zero-order chi connectivity index (χ0) is 26.0. The Hall–Kier alpha value is -0.610. The first-order chi connectivity index (χ1) is 17.7. The third-order valence-electron chi connectivity index (χ3n) is 13.2. The molecule has 6 fully saturated rings. The smallest absolute Gasteiger partial charge is 0.306 e. The molecule has 4 saturated carbocycles. The topological polar surface area (TPSA) is 44.8 Å². The van der Waals surface area contributed by atoms with Gasteiger partial charge in [-0.2, -0.15) is 0 Å². The van der Waals surface area contributed by atoms with Crippen LogP contribution in [0.5, 0.6) is 0 Å². The van der Waals surface area contributed by atoms with Crippen molar-refractivity contribution < 1.29 is 19.0 Å². The van der Waals surface area contributed by atoms with E-state index >= 15 is 0 Å². The molecule has 0 amide bonds. The highest BCUT2D eigenvalue weighted by molar-refractivity contribution is 5.69. The molecular weight excluding hydrogens is 460 g/mol. The molecule has 37 heavy (non-hydrogen) atoms. The van der Waals surface area contributed by atoms with E-state index in [9.17, 15) is 4.79 Å². The van der Waals surface area contributed by atoms with Gasteiger partial charge in [-0.15, -0.1) is 0 Å². The van der Waals surface area contributed by atoms with Gasteiger partial charge in [0.1, 0.15) is 6.10 Å². The molecule has 2 saturated heterocycles. The largest absolute Gasteiger partial charge is 0.462 e. The van der Waals surface area contributed by atoms with Crippen molar-refractivity contribution in [3.63, 3.8) is 0 Å². The van der Waals surface area contributed by atoms with Crippen molar-refractivity contribution in [1.29, 1.82) is 0 Å². The van der Waals surface area contributed by atoms with Crippen LogP contribution in [0.2, 0.25) is 0 Å². The van der Waals surface area contributed by atoms with E-state index in [2.05, 4.69) is 34.6 Å². The second-order valence-corrected chi connectivity index (χ2v) is 15.0. The second kappa shape index (κ2) is 9.79. The van der Waals surface area contributed by atoms with E-state index in [1.165, 1.54) is 44.9 Å². The summed E-state index contributed by atoms with van der Waals surface area (Å²) in [5, 5.41) is 0. The molecule has 0 radical (unpaired) electrons. The SMILES string of the molecule is CCCCCC(=O)O[C@@H]1CC[C@@]2(C)[C@H](CC[C@@H]3[C@H]2CC[C@]2(C)[C@@H]4[C@H](C[C@@H]32)O[C@]2(CC[C@@H](C)CO2)[C@H]4C)C1. The minimum Gasteiger partial charge on any atom is -0.462 e. The molecule has 0 unspecified atom stereocenters. The Morgan fingerprint density at radius 2 is 1.73 bits per heavy atom. The Bertz CT molecular complexity index is 847. The molecule has 6 rings (SSSR count). The van der Waals surface area contributed by atoms with Crippen molar-refractivity contribution >= 4 is 5.97 Å². The van der Waals surface area contributed by atoms with Crippen LogP contribution >= 0.6 is 0 Å². The highest BCUT2D eigenvalue weighted by Gasteiger charge is 2.69. The molecule has 4 aliphatic carbocycles. The van der Waals surface area contributed by atoms with E-state index in [0.717, 1.165) is 68.8 Å². The van der Waals surface area contributed by atoms with Crippen molar-refractivity contribution in [3.05, 3.63) is 0 Å². The minimum atomic E-state index is -0.303. The van der Waals surface area contributed by atoms with Crippen LogP contribution in [-0.2, 0) is 19.0 Å². The van der Waals surface area contributed by atoms with Gasteiger partial charge in [-0.3, -0.25) is 4.79 Å². The summed E-state index contributed by atoms with van der Waals surface area (Å²) in [5.41, 5.74) is 0.818. The van der Waals surface area contributed by atoms with Gasteiger partial charge in [-0.05, 0) is 111 Å². The molecule has 1 spiro atoms. The normalized spacial score (nSPS) is 52.7. The van der Waals surface area contributed by atoms with Crippen molar-refractivity contribution in [3.8, 4) is 0 Å². The number of fused-ring (bicyclic) bond motifs is 7. The lowest BCUT2D eigenvalue weighted by Crippen LogP contribution is -2.55. The third kappa shape index (κ3) is 4.25. The molecule has 12 atom stereocenters. The summed E-state index contributed by atoms with van der Waals surface area (Å²) >= 11 is 0. The van der Waals surface area contributed by atoms with E-state index < -0.39 is 0 Å². The van der Waals surface area contributed by atoms with Gasteiger partial charge in [0.25, 0.3) is 0 Å². The van der Waals surface area contributed by atoms with Crippen LogP contribution < -0.4 is 0 Å². The fraction of sp³-hybridized carbons (Fsp3) is 0.970. The molecule has 0 N–H and O–H groups in total. The van der Waals surface area contributed by atoms with Crippen LogP contribution in [0.15, 0.2) is 0 Å². The molecule has 0 aromatic heterocycles. The highest BCUT2D eigenvalue weighted by Crippen LogP contribution is 2.71. The molecule has 6 aliphatic rings. The van der Waals surface area contributed by atoms with Crippen LogP contribution in [0, 0.1) is 52.3 Å². The molecule has 2 aliphatic heterocycles. The number of rotatable bonds is 5. The fourth-order valence-electron chi connectivity index (χ4n) is 11.1. The number of hydrogen-bond donors (Lipinski definition) is 0. The Labute approximate surface area is 226 Å². The molecule has 0 aromatic rings. The van der Waals surface area contributed by atoms with Gasteiger partial charge in [0.05, 0.1) is 12.7 Å². The summed E-state index contributed by atoms with van der Waals surface area (Å²) in [6, 6.07) is 0. The molecule has 210 valence electrons.